The van der Waals surface area contributed by atoms with Gasteiger partial charge in [-0.2, -0.15) is 0 Å². The molecule has 0 aromatic carbocycles. The Bertz CT molecular complexity index is 234. The highest BCUT2D eigenvalue weighted by Crippen LogP contribution is 2.02. The Morgan fingerprint density at radius 1 is 1.29 bits per heavy atom. The summed E-state index contributed by atoms with van der Waals surface area (Å²) in [6, 6.07) is 0. The second kappa shape index (κ2) is 10.0. The lowest BCUT2D eigenvalue weighted by molar-refractivity contribution is -0.126. The number of rotatable bonds is 9. The van der Waals surface area contributed by atoms with Crippen molar-refractivity contribution in [1.29, 1.82) is 0 Å². The van der Waals surface area contributed by atoms with E-state index in [1.807, 2.05) is 6.92 Å². The summed E-state index contributed by atoms with van der Waals surface area (Å²) in [5.74, 6) is 0.00532. The van der Waals surface area contributed by atoms with Crippen LogP contribution < -0.4 is 16.4 Å². The minimum atomic E-state index is -0.206. The summed E-state index contributed by atoms with van der Waals surface area (Å²) in [5, 5.41) is 5.17. The fraction of sp³-hybridized carbons (Fsp3) is 0.818. The van der Waals surface area contributed by atoms with Crippen LogP contribution in [0.2, 0.25) is 0 Å². The maximum Gasteiger partial charge on any atom is 0.239 e. The van der Waals surface area contributed by atoms with Gasteiger partial charge in [-0.3, -0.25) is 9.59 Å². The van der Waals surface area contributed by atoms with E-state index < -0.39 is 0 Å². The number of nitrogens with two attached hydrogens (primary N) is 1. The Labute approximate surface area is 102 Å². The van der Waals surface area contributed by atoms with Gasteiger partial charge in [-0.15, -0.1) is 0 Å². The molecule has 0 rings (SSSR count). The quantitative estimate of drug-likeness (QED) is 0.465. The number of amides is 2. The van der Waals surface area contributed by atoms with Gasteiger partial charge in [-0.25, -0.2) is 0 Å². The molecule has 4 N–H and O–H groups in total. The molecule has 0 fully saturated rings. The van der Waals surface area contributed by atoms with E-state index in [0.29, 0.717) is 32.0 Å². The van der Waals surface area contributed by atoms with Gasteiger partial charge in [0.05, 0.1) is 13.2 Å². The molecule has 100 valence electrons. The standard InChI is InChI=1S/C11H23N3O3/c1-9(7-12)3-4-10(15)14-8-11(16)13-5-6-17-2/h9H,3-8,12H2,1-2H3,(H,13,16)(H,14,15). The molecule has 17 heavy (non-hydrogen) atoms. The molecule has 0 radical (unpaired) electrons. The maximum absolute atomic E-state index is 11.3. The molecule has 0 aliphatic carbocycles. The lowest BCUT2D eigenvalue weighted by atomic mass is 10.1. The molecule has 6 nitrogen and oxygen atoms in total. The highest BCUT2D eigenvalue weighted by molar-refractivity contribution is 5.84. The number of nitrogens with one attached hydrogen (secondary N) is 2. The van der Waals surface area contributed by atoms with Crippen molar-refractivity contribution in [3.63, 3.8) is 0 Å². The van der Waals surface area contributed by atoms with Gasteiger partial charge in [0, 0.05) is 20.1 Å². The lowest BCUT2D eigenvalue weighted by Gasteiger charge is -2.09. The van der Waals surface area contributed by atoms with Gasteiger partial charge in [0.1, 0.15) is 0 Å². The van der Waals surface area contributed by atoms with Crippen molar-refractivity contribution in [2.45, 2.75) is 19.8 Å². The van der Waals surface area contributed by atoms with Crippen molar-refractivity contribution in [2.75, 3.05) is 33.4 Å². The van der Waals surface area contributed by atoms with Crippen LogP contribution >= 0.6 is 0 Å². The summed E-state index contributed by atoms with van der Waals surface area (Å²) >= 11 is 0. The Morgan fingerprint density at radius 2 is 2.00 bits per heavy atom. The molecule has 0 aliphatic heterocycles. The average molecular weight is 245 g/mol. The van der Waals surface area contributed by atoms with Crippen molar-refractivity contribution in [2.24, 2.45) is 11.7 Å². The van der Waals surface area contributed by atoms with E-state index in [1.165, 1.54) is 0 Å². The molecule has 0 spiro atoms. The van der Waals surface area contributed by atoms with Gasteiger partial charge >= 0.3 is 0 Å². The van der Waals surface area contributed by atoms with Gasteiger partial charge in [0.2, 0.25) is 11.8 Å². The zero-order valence-electron chi connectivity index (χ0n) is 10.6. The zero-order chi connectivity index (χ0) is 13.1. The summed E-state index contributed by atoms with van der Waals surface area (Å²) in [4.78, 5) is 22.6. The molecular weight excluding hydrogens is 222 g/mol. The van der Waals surface area contributed by atoms with Crippen molar-refractivity contribution in [3.8, 4) is 0 Å². The number of carbonyl (C=O) groups is 2. The minimum absolute atomic E-state index is 0.0134. The molecule has 0 saturated carbocycles. The molecule has 0 aromatic rings. The fourth-order valence-corrected chi connectivity index (χ4v) is 1.12. The minimum Gasteiger partial charge on any atom is -0.383 e. The van der Waals surface area contributed by atoms with Crippen molar-refractivity contribution in [3.05, 3.63) is 0 Å². The number of carbonyl (C=O) groups excluding carboxylic acids is 2. The van der Waals surface area contributed by atoms with Gasteiger partial charge in [0.15, 0.2) is 0 Å². The van der Waals surface area contributed by atoms with E-state index in [9.17, 15) is 9.59 Å². The second-order valence-corrected chi connectivity index (χ2v) is 4.00. The molecular formula is C11H23N3O3. The van der Waals surface area contributed by atoms with Gasteiger partial charge in [-0.1, -0.05) is 6.92 Å². The Kier molecular flexibility index (Phi) is 9.37. The molecule has 0 heterocycles. The van der Waals surface area contributed by atoms with E-state index >= 15 is 0 Å². The lowest BCUT2D eigenvalue weighted by Crippen LogP contribution is -2.38. The highest BCUT2D eigenvalue weighted by Gasteiger charge is 2.07. The summed E-state index contributed by atoms with van der Waals surface area (Å²) in [7, 11) is 1.56. The average Bonchev–Trinajstić information content (AvgIpc) is 2.33. The van der Waals surface area contributed by atoms with Gasteiger partial charge in [-0.05, 0) is 18.9 Å². The first-order valence-corrected chi connectivity index (χ1v) is 5.82. The van der Waals surface area contributed by atoms with Crippen LogP contribution in [0.25, 0.3) is 0 Å². The topological polar surface area (TPSA) is 93.5 Å². The van der Waals surface area contributed by atoms with E-state index in [4.69, 9.17) is 10.5 Å². The first-order valence-electron chi connectivity index (χ1n) is 5.82. The smallest absolute Gasteiger partial charge is 0.239 e. The van der Waals surface area contributed by atoms with Crippen LogP contribution in [0.3, 0.4) is 0 Å². The summed E-state index contributed by atoms with van der Waals surface area (Å²) in [6.07, 6.45) is 1.15. The largest absolute Gasteiger partial charge is 0.383 e. The van der Waals surface area contributed by atoms with Crippen LogP contribution in [0.1, 0.15) is 19.8 Å². The van der Waals surface area contributed by atoms with Crippen LogP contribution in [0.15, 0.2) is 0 Å². The predicted octanol–water partition coefficient (Wildman–Crippen LogP) is -0.760. The van der Waals surface area contributed by atoms with Crippen molar-refractivity contribution < 1.29 is 14.3 Å². The first-order chi connectivity index (χ1) is 8.10. The maximum atomic E-state index is 11.3. The summed E-state index contributed by atoms with van der Waals surface area (Å²) < 4.78 is 4.78. The van der Waals surface area contributed by atoms with E-state index in [-0.39, 0.29) is 18.4 Å². The molecule has 0 aromatic heterocycles. The molecule has 6 heteroatoms. The predicted molar refractivity (Wildman–Crippen MR) is 65.3 cm³/mol. The Hall–Kier alpha value is -1.14. The molecule has 0 aliphatic rings. The second-order valence-electron chi connectivity index (χ2n) is 4.00. The SMILES string of the molecule is COCCNC(=O)CNC(=O)CCC(C)CN. The molecule has 0 saturated heterocycles. The van der Waals surface area contributed by atoms with Crippen molar-refractivity contribution in [1.82, 2.24) is 10.6 Å². The van der Waals surface area contributed by atoms with Gasteiger partial charge in [0.25, 0.3) is 0 Å². The van der Waals surface area contributed by atoms with E-state index in [1.54, 1.807) is 7.11 Å². The van der Waals surface area contributed by atoms with Crippen molar-refractivity contribution >= 4 is 11.8 Å². The molecule has 0 bridgehead atoms. The van der Waals surface area contributed by atoms with Gasteiger partial charge < -0.3 is 21.1 Å². The Balaban J connectivity index is 3.52. The van der Waals surface area contributed by atoms with Crippen LogP contribution in [-0.4, -0.2) is 45.2 Å². The van der Waals surface area contributed by atoms with E-state index in [2.05, 4.69) is 10.6 Å². The third-order valence-corrected chi connectivity index (χ3v) is 2.34. The third-order valence-electron chi connectivity index (χ3n) is 2.34. The van der Waals surface area contributed by atoms with E-state index in [0.717, 1.165) is 6.42 Å². The normalized spacial score (nSPS) is 11.9. The fourth-order valence-electron chi connectivity index (χ4n) is 1.12. The number of hydrogen-bond donors (Lipinski definition) is 3. The number of hydrogen-bond acceptors (Lipinski definition) is 4. The summed E-state index contributed by atoms with van der Waals surface area (Å²) in [6.45, 7) is 3.50. The number of ether oxygens (including phenoxy) is 1. The molecule has 1 unspecified atom stereocenters. The van der Waals surface area contributed by atoms with Crippen LogP contribution in [0.5, 0.6) is 0 Å². The highest BCUT2D eigenvalue weighted by atomic mass is 16.5. The summed E-state index contributed by atoms with van der Waals surface area (Å²) in [5.41, 5.74) is 5.44. The molecule has 1 atom stereocenters. The van der Waals surface area contributed by atoms with Crippen LogP contribution in [0, 0.1) is 5.92 Å². The monoisotopic (exact) mass is 245 g/mol. The van der Waals surface area contributed by atoms with Crippen LogP contribution in [-0.2, 0) is 14.3 Å². The van der Waals surface area contributed by atoms with Crippen LogP contribution in [0.4, 0.5) is 0 Å². The molecule has 2 amide bonds. The number of methoxy groups -OCH3 is 1. The first kappa shape index (κ1) is 15.9. The zero-order valence-corrected chi connectivity index (χ0v) is 10.6. The Morgan fingerprint density at radius 3 is 2.59 bits per heavy atom. The third kappa shape index (κ3) is 9.77.